The lowest BCUT2D eigenvalue weighted by Crippen LogP contribution is -1.98. The number of thiocarbonyl (C=S) groups is 1. The second-order valence-electron chi connectivity index (χ2n) is 3.08. The number of hydrogen-bond donors (Lipinski definition) is 2. The minimum atomic E-state index is 0.140. The van der Waals surface area contributed by atoms with Crippen molar-refractivity contribution < 1.29 is 5.11 Å². The van der Waals surface area contributed by atoms with E-state index >= 15 is 0 Å². The molecule has 0 amide bonds. The maximum Gasteiger partial charge on any atom is 0.156 e. The number of aliphatic hydroxyl groups is 1. The molecule has 72 valence electrons. The van der Waals surface area contributed by atoms with Crippen molar-refractivity contribution in [3.63, 3.8) is 0 Å². The minimum absolute atomic E-state index is 0.140. The van der Waals surface area contributed by atoms with E-state index in [-0.39, 0.29) is 5.05 Å². The molecule has 0 fully saturated rings. The van der Waals surface area contributed by atoms with Crippen LogP contribution in [-0.4, -0.2) is 15.4 Å². The van der Waals surface area contributed by atoms with Crippen LogP contribution in [-0.2, 0) is 0 Å². The molecule has 0 aliphatic rings. The van der Waals surface area contributed by atoms with Crippen molar-refractivity contribution in [2.75, 3.05) is 0 Å². The van der Waals surface area contributed by atoms with E-state index in [2.05, 4.69) is 31.8 Å². The van der Waals surface area contributed by atoms with Crippen molar-refractivity contribution in [3.05, 3.63) is 0 Å². The standard InChI is InChI=1S/C9H18OS2/c1-2-5-8(11)6-3-4-7-9(10)12/h8,11H,2-7H2,1H3,(H,10,12). The first-order chi connectivity index (χ1) is 5.66. The largest absolute Gasteiger partial charge is 0.502 e. The third-order valence-electron chi connectivity index (χ3n) is 1.80. The molecular formula is C9H18OS2. The SMILES string of the molecule is CCCC(S)CCCCC(O)=S. The van der Waals surface area contributed by atoms with E-state index in [1.807, 2.05) is 0 Å². The molecule has 1 N–H and O–H groups in total. The monoisotopic (exact) mass is 206 g/mol. The number of aliphatic hydroxyl groups excluding tert-OH is 1. The van der Waals surface area contributed by atoms with Crippen molar-refractivity contribution in [3.8, 4) is 0 Å². The van der Waals surface area contributed by atoms with Gasteiger partial charge in [-0.2, -0.15) is 12.6 Å². The smallest absolute Gasteiger partial charge is 0.156 e. The van der Waals surface area contributed by atoms with Crippen LogP contribution in [0.25, 0.3) is 0 Å². The highest BCUT2D eigenvalue weighted by Gasteiger charge is 2.01. The number of unbranched alkanes of at least 4 members (excludes halogenated alkanes) is 1. The Morgan fingerprint density at radius 1 is 1.42 bits per heavy atom. The number of hydrogen-bond acceptors (Lipinski definition) is 2. The van der Waals surface area contributed by atoms with Crippen molar-refractivity contribution in [1.29, 1.82) is 0 Å². The van der Waals surface area contributed by atoms with Gasteiger partial charge in [-0.1, -0.05) is 19.8 Å². The highest BCUT2D eigenvalue weighted by atomic mass is 32.1. The Bertz CT molecular complexity index is 126. The van der Waals surface area contributed by atoms with Crippen molar-refractivity contribution >= 4 is 29.9 Å². The van der Waals surface area contributed by atoms with Gasteiger partial charge in [0, 0.05) is 11.7 Å². The minimum Gasteiger partial charge on any atom is -0.502 e. The summed E-state index contributed by atoms with van der Waals surface area (Å²) in [5, 5.41) is 9.40. The zero-order valence-electron chi connectivity index (χ0n) is 7.62. The van der Waals surface area contributed by atoms with Crippen LogP contribution in [0.2, 0.25) is 0 Å². The van der Waals surface area contributed by atoms with Crippen LogP contribution in [0.15, 0.2) is 0 Å². The van der Waals surface area contributed by atoms with Crippen LogP contribution >= 0.6 is 24.8 Å². The van der Waals surface area contributed by atoms with Gasteiger partial charge in [0.15, 0.2) is 5.05 Å². The Morgan fingerprint density at radius 2 is 2.08 bits per heavy atom. The lowest BCUT2D eigenvalue weighted by atomic mass is 10.1. The fourth-order valence-electron chi connectivity index (χ4n) is 1.13. The van der Waals surface area contributed by atoms with Gasteiger partial charge in [-0.15, -0.1) is 0 Å². The maximum absolute atomic E-state index is 8.73. The zero-order chi connectivity index (χ0) is 9.40. The van der Waals surface area contributed by atoms with Crippen molar-refractivity contribution in [1.82, 2.24) is 0 Å². The average molecular weight is 206 g/mol. The van der Waals surface area contributed by atoms with Gasteiger partial charge in [-0.3, -0.25) is 0 Å². The third-order valence-corrected chi connectivity index (χ3v) is 2.52. The Labute approximate surface area is 86.0 Å². The summed E-state index contributed by atoms with van der Waals surface area (Å²) in [6.45, 7) is 2.17. The van der Waals surface area contributed by atoms with Gasteiger partial charge in [0.2, 0.25) is 0 Å². The molecule has 0 rings (SSSR count). The molecule has 0 aromatic carbocycles. The summed E-state index contributed by atoms with van der Waals surface area (Å²) in [5.74, 6) is 0. The van der Waals surface area contributed by atoms with Gasteiger partial charge in [0.25, 0.3) is 0 Å². The number of rotatable bonds is 7. The molecule has 1 nitrogen and oxygen atoms in total. The second kappa shape index (κ2) is 7.87. The van der Waals surface area contributed by atoms with Gasteiger partial charge >= 0.3 is 0 Å². The molecule has 1 unspecified atom stereocenters. The van der Waals surface area contributed by atoms with E-state index in [4.69, 9.17) is 5.11 Å². The molecule has 0 spiro atoms. The van der Waals surface area contributed by atoms with E-state index in [0.717, 1.165) is 19.3 Å². The molecule has 0 aliphatic heterocycles. The summed E-state index contributed by atoms with van der Waals surface area (Å²) in [4.78, 5) is 0. The molecule has 1 atom stereocenters. The number of thiol groups is 1. The maximum atomic E-state index is 8.73. The van der Waals surface area contributed by atoms with Crippen LogP contribution < -0.4 is 0 Å². The topological polar surface area (TPSA) is 20.2 Å². The van der Waals surface area contributed by atoms with Crippen LogP contribution in [0.5, 0.6) is 0 Å². The van der Waals surface area contributed by atoms with E-state index in [9.17, 15) is 0 Å². The van der Waals surface area contributed by atoms with Gasteiger partial charge in [-0.05, 0) is 31.5 Å². The molecule has 0 saturated carbocycles. The average Bonchev–Trinajstić information content (AvgIpc) is 1.98. The molecule has 0 aliphatic carbocycles. The molecule has 0 aromatic heterocycles. The normalized spacial score (nSPS) is 12.8. The predicted molar refractivity (Wildman–Crippen MR) is 61.4 cm³/mol. The van der Waals surface area contributed by atoms with Crippen LogP contribution in [0.1, 0.15) is 45.4 Å². The summed E-state index contributed by atoms with van der Waals surface area (Å²) >= 11 is 9.00. The fourth-order valence-corrected chi connectivity index (χ4v) is 1.72. The first kappa shape index (κ1) is 12.2. The quantitative estimate of drug-likeness (QED) is 0.377. The molecule has 0 heterocycles. The van der Waals surface area contributed by atoms with Crippen molar-refractivity contribution in [2.24, 2.45) is 0 Å². The molecule has 3 heteroatoms. The van der Waals surface area contributed by atoms with E-state index < -0.39 is 0 Å². The van der Waals surface area contributed by atoms with E-state index in [1.54, 1.807) is 0 Å². The van der Waals surface area contributed by atoms with Crippen LogP contribution in [0, 0.1) is 0 Å². The Kier molecular flexibility index (Phi) is 8.02. The molecule has 0 radical (unpaired) electrons. The van der Waals surface area contributed by atoms with Gasteiger partial charge in [-0.25, -0.2) is 0 Å². The first-order valence-electron chi connectivity index (χ1n) is 4.56. The van der Waals surface area contributed by atoms with Gasteiger partial charge in [0.05, 0.1) is 0 Å². The molecule has 0 aromatic rings. The lowest BCUT2D eigenvalue weighted by molar-refractivity contribution is 0.534. The molecule has 0 saturated heterocycles. The Hall–Kier alpha value is 0.240. The first-order valence-corrected chi connectivity index (χ1v) is 5.49. The summed E-state index contributed by atoms with van der Waals surface area (Å²) in [5.41, 5.74) is 0. The molecular weight excluding hydrogens is 188 g/mol. The summed E-state index contributed by atoms with van der Waals surface area (Å²) in [6.07, 6.45) is 6.31. The highest BCUT2D eigenvalue weighted by molar-refractivity contribution is 7.81. The summed E-state index contributed by atoms with van der Waals surface area (Å²) in [7, 11) is 0. The van der Waals surface area contributed by atoms with Crippen molar-refractivity contribution in [2.45, 2.75) is 50.7 Å². The zero-order valence-corrected chi connectivity index (χ0v) is 9.33. The van der Waals surface area contributed by atoms with Crippen LogP contribution in [0.3, 0.4) is 0 Å². The summed E-state index contributed by atoms with van der Waals surface area (Å²) in [6, 6.07) is 0. The highest BCUT2D eigenvalue weighted by Crippen LogP contribution is 2.13. The van der Waals surface area contributed by atoms with Crippen LogP contribution in [0.4, 0.5) is 0 Å². The fraction of sp³-hybridized carbons (Fsp3) is 0.889. The predicted octanol–water partition coefficient (Wildman–Crippen LogP) is 3.53. The van der Waals surface area contributed by atoms with Gasteiger partial charge < -0.3 is 5.11 Å². The molecule has 0 bridgehead atoms. The lowest BCUT2D eigenvalue weighted by Gasteiger charge is -2.07. The summed E-state index contributed by atoms with van der Waals surface area (Å²) < 4.78 is 0. The Morgan fingerprint density at radius 3 is 2.58 bits per heavy atom. The second-order valence-corrected chi connectivity index (χ2v) is 4.28. The van der Waals surface area contributed by atoms with E-state index in [0.29, 0.717) is 11.7 Å². The molecule has 12 heavy (non-hydrogen) atoms. The third kappa shape index (κ3) is 8.34. The Balaban J connectivity index is 3.13. The van der Waals surface area contributed by atoms with Gasteiger partial charge in [0.1, 0.15) is 0 Å². The van der Waals surface area contributed by atoms with E-state index in [1.165, 1.54) is 12.8 Å².